The molecule has 164 valence electrons. The maximum atomic E-state index is 13.9. The number of nitrogens with one attached hydrogen (secondary N) is 1. The summed E-state index contributed by atoms with van der Waals surface area (Å²) in [6.07, 6.45) is -6.89. The fourth-order valence-corrected chi connectivity index (χ4v) is 3.33. The number of carboxylic acid groups (broad SMARTS) is 1. The molecule has 0 saturated carbocycles. The first-order valence-electron chi connectivity index (χ1n) is 8.96. The predicted molar refractivity (Wildman–Crippen MR) is 104 cm³/mol. The van der Waals surface area contributed by atoms with E-state index in [0.717, 1.165) is 11.9 Å². The van der Waals surface area contributed by atoms with Gasteiger partial charge >= 0.3 is 12.1 Å². The lowest BCUT2D eigenvalue weighted by molar-refractivity contribution is -0.140. The van der Waals surface area contributed by atoms with Crippen LogP contribution >= 0.6 is 0 Å². The van der Waals surface area contributed by atoms with E-state index in [1.165, 1.54) is 6.07 Å². The smallest absolute Gasteiger partial charge is 0.435 e. The molecule has 0 fully saturated rings. The number of benzene rings is 1. The van der Waals surface area contributed by atoms with Gasteiger partial charge in [0.25, 0.3) is 5.91 Å². The molecule has 2 aromatic rings. The minimum absolute atomic E-state index is 0.0918. The number of pyridine rings is 1. The van der Waals surface area contributed by atoms with Crippen LogP contribution in [0, 0.1) is 6.92 Å². The summed E-state index contributed by atoms with van der Waals surface area (Å²) in [5, 5.41) is 31.8. The number of hydrogen-bond donors (Lipinski definition) is 4. The van der Waals surface area contributed by atoms with Crippen LogP contribution in [0.15, 0.2) is 35.9 Å². The molecule has 0 spiro atoms. The molecule has 31 heavy (non-hydrogen) atoms. The summed E-state index contributed by atoms with van der Waals surface area (Å²) >= 11 is 0. The van der Waals surface area contributed by atoms with Gasteiger partial charge in [-0.1, -0.05) is 24.3 Å². The average molecular weight is 437 g/mol. The summed E-state index contributed by atoms with van der Waals surface area (Å²) in [4.78, 5) is 27.6. The SMILES string of the molecule is Cc1ccccc1-c1cc2c(c(C(F)(F)F)n1)N(C)C(O)C(C(=O)NCC(=O)O)=C2O. The Hall–Kier alpha value is -3.60. The molecular weight excluding hydrogens is 419 g/mol. The fraction of sp³-hybridized carbons (Fsp3) is 0.250. The maximum Gasteiger partial charge on any atom is 0.435 e. The number of fused-ring (bicyclic) bond motifs is 1. The van der Waals surface area contributed by atoms with Gasteiger partial charge in [0.05, 0.1) is 11.4 Å². The van der Waals surface area contributed by atoms with E-state index >= 15 is 0 Å². The highest BCUT2D eigenvalue weighted by Gasteiger charge is 2.44. The second kappa shape index (κ2) is 7.91. The van der Waals surface area contributed by atoms with Gasteiger partial charge in [-0.3, -0.25) is 9.59 Å². The van der Waals surface area contributed by atoms with Crippen molar-refractivity contribution in [2.24, 2.45) is 0 Å². The summed E-state index contributed by atoms with van der Waals surface area (Å²) in [6, 6.07) is 7.75. The standard InChI is InChI=1S/C20H18F3N3O5/c1-9-5-3-4-6-10(9)12-7-11-15(17(25-12)20(21,22)23)26(2)19(31)14(16(11)29)18(30)24-8-13(27)28/h3-7,19,29,31H,8H2,1-2H3,(H,24,30)(H,27,28). The molecule has 4 N–H and O–H groups in total. The van der Waals surface area contributed by atoms with Gasteiger partial charge in [-0.2, -0.15) is 13.2 Å². The average Bonchev–Trinajstić information content (AvgIpc) is 2.69. The van der Waals surface area contributed by atoms with E-state index in [9.17, 15) is 33.0 Å². The highest BCUT2D eigenvalue weighted by Crippen LogP contribution is 2.45. The van der Waals surface area contributed by atoms with E-state index in [-0.39, 0.29) is 11.3 Å². The van der Waals surface area contributed by atoms with Crippen molar-refractivity contribution in [3.8, 4) is 11.3 Å². The Balaban J connectivity index is 2.28. The number of carboxylic acids is 1. The number of hydrogen-bond acceptors (Lipinski definition) is 6. The van der Waals surface area contributed by atoms with E-state index < -0.39 is 53.5 Å². The molecule has 0 aliphatic carbocycles. The molecule has 1 aliphatic heterocycles. The fourth-order valence-electron chi connectivity index (χ4n) is 3.33. The Bertz CT molecular complexity index is 1100. The van der Waals surface area contributed by atoms with Crippen molar-refractivity contribution < 1.29 is 38.1 Å². The Morgan fingerprint density at radius 2 is 1.87 bits per heavy atom. The van der Waals surface area contributed by atoms with Gasteiger partial charge in [0, 0.05) is 18.2 Å². The van der Waals surface area contributed by atoms with E-state index in [0.29, 0.717) is 11.1 Å². The first-order valence-corrected chi connectivity index (χ1v) is 8.96. The number of nitrogens with zero attached hydrogens (tertiary/aromatic N) is 2. The first kappa shape index (κ1) is 22.1. The molecule has 1 unspecified atom stereocenters. The van der Waals surface area contributed by atoms with Gasteiger partial charge in [-0.05, 0) is 18.6 Å². The van der Waals surface area contributed by atoms with Crippen molar-refractivity contribution in [1.82, 2.24) is 10.3 Å². The van der Waals surface area contributed by atoms with Crippen LogP contribution in [0.5, 0.6) is 0 Å². The lowest BCUT2D eigenvalue weighted by Gasteiger charge is -2.35. The Morgan fingerprint density at radius 3 is 2.45 bits per heavy atom. The van der Waals surface area contributed by atoms with Gasteiger partial charge in [-0.25, -0.2) is 4.98 Å². The molecule has 8 nitrogen and oxygen atoms in total. The van der Waals surface area contributed by atoms with E-state index in [1.807, 2.05) is 5.32 Å². The van der Waals surface area contributed by atoms with Crippen LogP contribution in [0.25, 0.3) is 17.0 Å². The minimum atomic E-state index is -4.93. The Kier molecular flexibility index (Phi) is 5.64. The zero-order valence-corrected chi connectivity index (χ0v) is 16.4. The summed E-state index contributed by atoms with van der Waals surface area (Å²) in [5.74, 6) is -3.41. The molecule has 3 rings (SSSR count). The third kappa shape index (κ3) is 4.04. The van der Waals surface area contributed by atoms with Crippen molar-refractivity contribution in [2.75, 3.05) is 18.5 Å². The molecular formula is C20H18F3N3O5. The van der Waals surface area contributed by atoms with Crippen LogP contribution in [0.2, 0.25) is 0 Å². The quantitative estimate of drug-likeness (QED) is 0.579. The number of rotatable bonds is 4. The summed E-state index contributed by atoms with van der Waals surface area (Å²) in [5.41, 5.74) is -2.07. The Labute approximate surface area is 174 Å². The number of anilines is 1. The molecule has 1 aliphatic rings. The van der Waals surface area contributed by atoms with Crippen LogP contribution in [0.3, 0.4) is 0 Å². The van der Waals surface area contributed by atoms with Gasteiger partial charge in [0.15, 0.2) is 11.9 Å². The normalized spacial score (nSPS) is 16.2. The van der Waals surface area contributed by atoms with Crippen LogP contribution in [-0.2, 0) is 15.8 Å². The van der Waals surface area contributed by atoms with E-state index in [2.05, 4.69) is 4.98 Å². The topological polar surface area (TPSA) is 123 Å². The van der Waals surface area contributed by atoms with Crippen LogP contribution in [-0.4, -0.2) is 52.0 Å². The zero-order chi connectivity index (χ0) is 23.1. The summed E-state index contributed by atoms with van der Waals surface area (Å²) < 4.78 is 41.6. The lowest BCUT2D eigenvalue weighted by Crippen LogP contribution is -2.44. The number of aliphatic carboxylic acids is 1. The second-order valence-corrected chi connectivity index (χ2v) is 6.89. The second-order valence-electron chi connectivity index (χ2n) is 6.89. The molecule has 0 saturated heterocycles. The van der Waals surface area contributed by atoms with Gasteiger partial charge in [-0.15, -0.1) is 0 Å². The van der Waals surface area contributed by atoms with E-state index in [4.69, 9.17) is 5.11 Å². The lowest BCUT2D eigenvalue weighted by atomic mass is 9.95. The van der Waals surface area contributed by atoms with E-state index in [1.54, 1.807) is 31.2 Å². The number of aliphatic hydroxyl groups is 2. The van der Waals surface area contributed by atoms with Gasteiger partial charge in [0.1, 0.15) is 17.9 Å². The number of aromatic nitrogens is 1. The van der Waals surface area contributed by atoms with Crippen molar-refractivity contribution >= 4 is 23.3 Å². The minimum Gasteiger partial charge on any atom is -0.507 e. The highest BCUT2D eigenvalue weighted by molar-refractivity contribution is 6.05. The van der Waals surface area contributed by atoms with Crippen molar-refractivity contribution in [1.29, 1.82) is 0 Å². The molecule has 1 atom stereocenters. The van der Waals surface area contributed by atoms with Crippen LogP contribution in [0.4, 0.5) is 18.9 Å². The summed E-state index contributed by atoms with van der Waals surface area (Å²) in [6.45, 7) is 0.873. The molecule has 2 heterocycles. The van der Waals surface area contributed by atoms with Crippen molar-refractivity contribution in [3.63, 3.8) is 0 Å². The highest BCUT2D eigenvalue weighted by atomic mass is 19.4. The van der Waals surface area contributed by atoms with Crippen molar-refractivity contribution in [3.05, 3.63) is 52.7 Å². The number of carbonyl (C=O) groups is 2. The van der Waals surface area contributed by atoms with Crippen molar-refractivity contribution in [2.45, 2.75) is 19.3 Å². The molecule has 0 radical (unpaired) electrons. The molecule has 1 amide bonds. The summed E-state index contributed by atoms with van der Waals surface area (Å²) in [7, 11) is 1.10. The molecule has 1 aromatic heterocycles. The van der Waals surface area contributed by atoms with Gasteiger partial charge < -0.3 is 25.5 Å². The molecule has 11 heteroatoms. The maximum absolute atomic E-state index is 13.9. The van der Waals surface area contributed by atoms with Gasteiger partial charge in [0.2, 0.25) is 0 Å². The number of aryl methyl sites for hydroxylation is 1. The number of amides is 1. The zero-order valence-electron chi connectivity index (χ0n) is 16.4. The number of halogens is 3. The number of carbonyl (C=O) groups excluding carboxylic acids is 1. The monoisotopic (exact) mass is 437 g/mol. The van der Waals surface area contributed by atoms with Crippen LogP contribution < -0.4 is 10.2 Å². The third-order valence-corrected chi connectivity index (χ3v) is 4.82. The third-order valence-electron chi connectivity index (χ3n) is 4.82. The number of alkyl halides is 3. The predicted octanol–water partition coefficient (Wildman–Crippen LogP) is 2.31. The Morgan fingerprint density at radius 1 is 1.23 bits per heavy atom. The number of aliphatic hydroxyl groups excluding tert-OH is 2. The molecule has 0 bridgehead atoms. The van der Waals surface area contributed by atoms with Crippen LogP contribution in [0.1, 0.15) is 16.8 Å². The first-order chi connectivity index (χ1) is 14.4. The number of likely N-dealkylation sites (N-methyl/N-ethyl adjacent to an activating group) is 1. The molecule has 1 aromatic carbocycles. The largest absolute Gasteiger partial charge is 0.507 e.